The second-order valence-electron chi connectivity index (χ2n) is 9.56. The van der Waals surface area contributed by atoms with Crippen LogP contribution in [-0.4, -0.2) is 38.4 Å². The number of aryl methyl sites for hydroxylation is 1. The van der Waals surface area contributed by atoms with Gasteiger partial charge in [-0.25, -0.2) is 5.43 Å². The lowest BCUT2D eigenvalue weighted by molar-refractivity contribution is -0.118. The van der Waals surface area contributed by atoms with Crippen molar-refractivity contribution in [2.75, 3.05) is 25.6 Å². The van der Waals surface area contributed by atoms with Crippen LogP contribution in [0.5, 0.6) is 23.0 Å². The van der Waals surface area contributed by atoms with E-state index in [-0.39, 0.29) is 12.5 Å². The van der Waals surface area contributed by atoms with Crippen molar-refractivity contribution in [3.8, 4) is 23.0 Å². The number of anilines is 1. The molecular formula is C34H35N3O6. The van der Waals surface area contributed by atoms with E-state index in [1.54, 1.807) is 36.4 Å². The van der Waals surface area contributed by atoms with Crippen LogP contribution < -0.4 is 29.7 Å². The molecule has 0 fully saturated rings. The summed E-state index contributed by atoms with van der Waals surface area (Å²) in [5.74, 6) is 1.14. The van der Waals surface area contributed by atoms with E-state index in [1.165, 1.54) is 13.3 Å². The molecule has 0 aliphatic heterocycles. The van der Waals surface area contributed by atoms with Gasteiger partial charge in [-0.2, -0.15) is 5.10 Å². The van der Waals surface area contributed by atoms with Crippen LogP contribution in [0.25, 0.3) is 0 Å². The molecule has 2 amide bonds. The van der Waals surface area contributed by atoms with Gasteiger partial charge in [0.15, 0.2) is 29.6 Å². The van der Waals surface area contributed by atoms with Crippen molar-refractivity contribution < 1.29 is 28.5 Å². The number of carbonyl (C=O) groups is 2. The molecule has 0 aliphatic rings. The fraction of sp³-hybridized carbons (Fsp3) is 0.206. The fourth-order valence-corrected chi connectivity index (χ4v) is 4.10. The Morgan fingerprint density at radius 2 is 1.58 bits per heavy atom. The summed E-state index contributed by atoms with van der Waals surface area (Å²) in [6.07, 6.45) is 1.48. The smallest absolute Gasteiger partial charge is 0.271 e. The number of hydrazone groups is 1. The highest BCUT2D eigenvalue weighted by Crippen LogP contribution is 2.30. The van der Waals surface area contributed by atoms with E-state index in [0.29, 0.717) is 47.3 Å². The molecule has 4 aromatic carbocycles. The van der Waals surface area contributed by atoms with Crippen LogP contribution in [-0.2, 0) is 11.4 Å². The number of hydrogen-bond donors (Lipinski definition) is 2. The summed E-state index contributed by atoms with van der Waals surface area (Å²) in [6, 6.07) is 25.6. The summed E-state index contributed by atoms with van der Waals surface area (Å²) in [5.41, 5.74) is 7.41. The summed E-state index contributed by atoms with van der Waals surface area (Å²) < 4.78 is 22.8. The highest BCUT2D eigenvalue weighted by Gasteiger charge is 2.13. The second kappa shape index (κ2) is 15.1. The molecule has 2 N–H and O–H groups in total. The molecule has 43 heavy (non-hydrogen) atoms. The van der Waals surface area contributed by atoms with Crippen LogP contribution >= 0.6 is 0 Å². The predicted octanol–water partition coefficient (Wildman–Crippen LogP) is 6.07. The van der Waals surface area contributed by atoms with E-state index in [9.17, 15) is 9.59 Å². The monoisotopic (exact) mass is 581 g/mol. The molecule has 0 atom stereocenters. The number of amides is 2. The summed E-state index contributed by atoms with van der Waals surface area (Å²) in [5, 5.41) is 6.94. The number of rotatable bonds is 13. The van der Waals surface area contributed by atoms with Gasteiger partial charge in [-0.1, -0.05) is 42.5 Å². The maximum Gasteiger partial charge on any atom is 0.271 e. The first kappa shape index (κ1) is 30.6. The van der Waals surface area contributed by atoms with Crippen LogP contribution in [0.3, 0.4) is 0 Å². The minimum atomic E-state index is -0.409. The van der Waals surface area contributed by atoms with Crippen molar-refractivity contribution in [3.05, 3.63) is 113 Å². The van der Waals surface area contributed by atoms with Gasteiger partial charge in [-0.05, 0) is 85.5 Å². The van der Waals surface area contributed by atoms with Gasteiger partial charge in [0, 0.05) is 11.3 Å². The molecule has 0 aromatic heterocycles. The normalized spacial score (nSPS) is 10.7. The van der Waals surface area contributed by atoms with Gasteiger partial charge in [-0.15, -0.1) is 0 Å². The van der Waals surface area contributed by atoms with Gasteiger partial charge in [0.2, 0.25) is 0 Å². The number of benzene rings is 4. The molecule has 9 heteroatoms. The molecule has 222 valence electrons. The Labute approximate surface area is 251 Å². The lowest BCUT2D eigenvalue weighted by Crippen LogP contribution is -2.21. The van der Waals surface area contributed by atoms with Gasteiger partial charge in [0.1, 0.15) is 6.61 Å². The van der Waals surface area contributed by atoms with Crippen LogP contribution in [0.1, 0.15) is 39.5 Å². The molecule has 0 saturated heterocycles. The minimum absolute atomic E-state index is 0.187. The third-order valence-corrected chi connectivity index (χ3v) is 6.55. The van der Waals surface area contributed by atoms with Crippen LogP contribution in [0.4, 0.5) is 5.69 Å². The molecule has 0 aliphatic carbocycles. The Kier molecular flexibility index (Phi) is 10.7. The third kappa shape index (κ3) is 8.59. The maximum absolute atomic E-state index is 12.8. The lowest BCUT2D eigenvalue weighted by Gasteiger charge is -2.13. The molecule has 0 heterocycles. The van der Waals surface area contributed by atoms with E-state index >= 15 is 0 Å². The minimum Gasteiger partial charge on any atom is -0.493 e. The van der Waals surface area contributed by atoms with Gasteiger partial charge >= 0.3 is 0 Å². The SMILES string of the molecule is CCOc1cc(C(=O)N/N=C/c2ccc(OCC(=O)Nc3cccc(C)c3C)c(OC)c2)ccc1OCc1ccccc1. The summed E-state index contributed by atoms with van der Waals surface area (Å²) >= 11 is 0. The zero-order chi connectivity index (χ0) is 30.6. The Hall–Kier alpha value is -5.31. The first-order valence-corrected chi connectivity index (χ1v) is 13.8. The largest absolute Gasteiger partial charge is 0.493 e. The van der Waals surface area contributed by atoms with Gasteiger partial charge in [-0.3, -0.25) is 9.59 Å². The van der Waals surface area contributed by atoms with Crippen molar-refractivity contribution in [2.45, 2.75) is 27.4 Å². The van der Waals surface area contributed by atoms with E-state index in [0.717, 1.165) is 22.4 Å². The Bertz CT molecular complexity index is 1590. The number of carbonyl (C=O) groups excluding carboxylic acids is 2. The Balaban J connectivity index is 1.34. The quantitative estimate of drug-likeness (QED) is 0.147. The molecule has 4 rings (SSSR count). The molecule has 9 nitrogen and oxygen atoms in total. The summed E-state index contributed by atoms with van der Waals surface area (Å²) in [4.78, 5) is 25.2. The number of nitrogens with one attached hydrogen (secondary N) is 2. The van der Waals surface area contributed by atoms with Gasteiger partial charge in [0.25, 0.3) is 11.8 Å². The topological polar surface area (TPSA) is 107 Å². The van der Waals surface area contributed by atoms with E-state index in [4.69, 9.17) is 18.9 Å². The van der Waals surface area contributed by atoms with Crippen LogP contribution in [0.15, 0.2) is 90.0 Å². The van der Waals surface area contributed by atoms with Crippen molar-refractivity contribution in [3.63, 3.8) is 0 Å². The summed E-state index contributed by atoms with van der Waals surface area (Å²) in [7, 11) is 1.50. The second-order valence-corrected chi connectivity index (χ2v) is 9.56. The predicted molar refractivity (Wildman–Crippen MR) is 166 cm³/mol. The number of hydrogen-bond acceptors (Lipinski definition) is 7. The molecule has 0 bridgehead atoms. The highest BCUT2D eigenvalue weighted by molar-refractivity contribution is 5.95. The molecule has 0 saturated carbocycles. The van der Waals surface area contributed by atoms with Gasteiger partial charge < -0.3 is 24.3 Å². The third-order valence-electron chi connectivity index (χ3n) is 6.55. The average Bonchev–Trinajstić information content (AvgIpc) is 3.02. The van der Waals surface area contributed by atoms with Crippen molar-refractivity contribution in [1.29, 1.82) is 0 Å². The molecular weight excluding hydrogens is 546 g/mol. The number of nitrogens with zero attached hydrogens (tertiary/aromatic N) is 1. The van der Waals surface area contributed by atoms with Crippen molar-refractivity contribution in [1.82, 2.24) is 5.43 Å². The fourth-order valence-electron chi connectivity index (χ4n) is 4.10. The average molecular weight is 582 g/mol. The lowest BCUT2D eigenvalue weighted by atomic mass is 10.1. The highest BCUT2D eigenvalue weighted by atomic mass is 16.5. The number of ether oxygens (including phenoxy) is 4. The van der Waals surface area contributed by atoms with Crippen molar-refractivity contribution >= 4 is 23.7 Å². The molecule has 0 spiro atoms. The summed E-state index contributed by atoms with van der Waals surface area (Å²) in [6.45, 7) is 6.42. The van der Waals surface area contributed by atoms with Gasteiger partial charge in [0.05, 0.1) is 19.9 Å². The van der Waals surface area contributed by atoms with Crippen LogP contribution in [0, 0.1) is 13.8 Å². The number of methoxy groups -OCH3 is 1. The van der Waals surface area contributed by atoms with E-state index in [2.05, 4.69) is 15.8 Å². The molecule has 0 radical (unpaired) electrons. The van der Waals surface area contributed by atoms with Crippen molar-refractivity contribution in [2.24, 2.45) is 5.10 Å². The molecule has 4 aromatic rings. The maximum atomic E-state index is 12.8. The Morgan fingerprint density at radius 3 is 2.35 bits per heavy atom. The molecule has 0 unspecified atom stereocenters. The van der Waals surface area contributed by atoms with E-state index < -0.39 is 5.91 Å². The van der Waals surface area contributed by atoms with E-state index in [1.807, 2.05) is 69.3 Å². The Morgan fingerprint density at radius 1 is 0.814 bits per heavy atom. The first-order valence-electron chi connectivity index (χ1n) is 13.8. The first-order chi connectivity index (χ1) is 20.9. The zero-order valence-electron chi connectivity index (χ0n) is 24.7. The standard InChI is InChI=1S/C34H35N3O6/c1-5-41-32-19-27(15-17-30(32)42-21-25-11-7-6-8-12-25)34(39)37-35-20-26-14-16-29(31(18-26)40-4)43-22-33(38)36-28-13-9-10-23(2)24(28)3/h6-20H,5,21-22H2,1-4H3,(H,36,38)(H,37,39)/b35-20+. The van der Waals surface area contributed by atoms with Crippen LogP contribution in [0.2, 0.25) is 0 Å². The zero-order valence-corrected chi connectivity index (χ0v) is 24.7.